The van der Waals surface area contributed by atoms with Gasteiger partial charge in [-0.1, -0.05) is 12.2 Å². The van der Waals surface area contributed by atoms with Gasteiger partial charge >= 0.3 is 0 Å². The standard InChI is InChI=1S/C26H32F2N8O2.ClH/c1-17-18(3-2-4-33-5-7-34(8-6-33)22-10-20(27)9-21(28)11-22)13-30-36(17)25-12-24(31-26(29)32-25)35-14-19(16-37)23(38)15-35;/h2-3,9-13,19,23,37-38H,4-8,14-16H2,1H3,(H2,29,31,32);1H/t19-,23+;/m1./s1. The first kappa shape index (κ1) is 28.7. The number of aliphatic hydroxyl groups excluding tert-OH is 2. The summed E-state index contributed by atoms with van der Waals surface area (Å²) in [6, 6.07) is 5.40. The minimum Gasteiger partial charge on any atom is -0.396 e. The van der Waals surface area contributed by atoms with Crippen LogP contribution in [-0.4, -0.2) is 93.4 Å². The number of hydrogen-bond donors (Lipinski definition) is 3. The van der Waals surface area contributed by atoms with E-state index in [1.165, 1.54) is 12.1 Å². The summed E-state index contributed by atoms with van der Waals surface area (Å²) >= 11 is 0. The monoisotopic (exact) mass is 562 g/mol. The van der Waals surface area contributed by atoms with Crippen LogP contribution in [0.2, 0.25) is 0 Å². The van der Waals surface area contributed by atoms with Gasteiger partial charge in [-0.05, 0) is 19.1 Å². The Hall–Kier alpha value is -3.32. The van der Waals surface area contributed by atoms with Gasteiger partial charge in [-0.25, -0.2) is 13.5 Å². The summed E-state index contributed by atoms with van der Waals surface area (Å²) in [6.07, 6.45) is 5.23. The second kappa shape index (κ2) is 12.2. The van der Waals surface area contributed by atoms with Crippen molar-refractivity contribution in [3.05, 3.63) is 59.4 Å². The second-order valence-corrected chi connectivity index (χ2v) is 9.77. The summed E-state index contributed by atoms with van der Waals surface area (Å²) in [5, 5.41) is 24.1. The topological polar surface area (TPSA) is 120 Å². The van der Waals surface area contributed by atoms with Gasteiger partial charge in [0.05, 0.1) is 24.6 Å². The average molecular weight is 563 g/mol. The maximum atomic E-state index is 13.6. The average Bonchev–Trinajstić information content (AvgIpc) is 3.45. The minimum atomic E-state index is -0.630. The summed E-state index contributed by atoms with van der Waals surface area (Å²) in [5.74, 6) is -0.150. The van der Waals surface area contributed by atoms with Crippen molar-refractivity contribution >= 4 is 35.9 Å². The molecule has 0 amide bonds. The van der Waals surface area contributed by atoms with Crippen molar-refractivity contribution < 1.29 is 19.0 Å². The Morgan fingerprint density at radius 2 is 1.69 bits per heavy atom. The molecule has 1 aromatic carbocycles. The zero-order valence-corrected chi connectivity index (χ0v) is 22.4. The van der Waals surface area contributed by atoms with Crippen LogP contribution >= 0.6 is 12.4 Å². The highest BCUT2D eigenvalue weighted by atomic mass is 35.5. The van der Waals surface area contributed by atoms with Crippen molar-refractivity contribution in [2.75, 3.05) is 68.0 Å². The lowest BCUT2D eigenvalue weighted by Crippen LogP contribution is -2.46. The van der Waals surface area contributed by atoms with Crippen molar-refractivity contribution in [3.8, 4) is 5.82 Å². The first-order valence-corrected chi connectivity index (χ1v) is 12.6. The van der Waals surface area contributed by atoms with Crippen molar-refractivity contribution in [2.45, 2.75) is 13.0 Å². The summed E-state index contributed by atoms with van der Waals surface area (Å²) < 4.78 is 28.8. The summed E-state index contributed by atoms with van der Waals surface area (Å²) in [6.45, 7) is 6.39. The van der Waals surface area contributed by atoms with Crippen molar-refractivity contribution in [3.63, 3.8) is 0 Å². The molecule has 0 bridgehead atoms. The summed E-state index contributed by atoms with van der Waals surface area (Å²) in [4.78, 5) is 14.8. The van der Waals surface area contributed by atoms with E-state index < -0.39 is 17.7 Å². The zero-order chi connectivity index (χ0) is 26.8. The number of anilines is 3. The smallest absolute Gasteiger partial charge is 0.224 e. The van der Waals surface area contributed by atoms with Crippen LogP contribution in [0.15, 0.2) is 36.5 Å². The molecule has 0 radical (unpaired) electrons. The number of nitrogen functional groups attached to an aromatic ring is 1. The van der Waals surface area contributed by atoms with Crippen LogP contribution in [0, 0.1) is 24.5 Å². The number of halogens is 3. The van der Waals surface area contributed by atoms with Gasteiger partial charge in [0.1, 0.15) is 17.5 Å². The van der Waals surface area contributed by atoms with Gasteiger partial charge in [0.2, 0.25) is 5.95 Å². The van der Waals surface area contributed by atoms with Crippen LogP contribution in [-0.2, 0) is 0 Å². The fourth-order valence-corrected chi connectivity index (χ4v) is 4.99. The zero-order valence-electron chi connectivity index (χ0n) is 21.6. The van der Waals surface area contributed by atoms with Crippen LogP contribution in [0.5, 0.6) is 0 Å². The Kier molecular flexibility index (Phi) is 9.01. The van der Waals surface area contributed by atoms with Crippen LogP contribution in [0.1, 0.15) is 11.3 Å². The molecule has 0 aliphatic carbocycles. The molecule has 2 aliphatic rings. The Morgan fingerprint density at radius 3 is 2.36 bits per heavy atom. The van der Waals surface area contributed by atoms with E-state index >= 15 is 0 Å². The molecular formula is C26H33ClF2N8O2. The number of nitrogens with zero attached hydrogens (tertiary/aromatic N) is 7. The van der Waals surface area contributed by atoms with E-state index in [1.807, 2.05) is 22.8 Å². The van der Waals surface area contributed by atoms with Gasteiger partial charge in [-0.3, -0.25) is 4.90 Å². The molecule has 5 rings (SSSR count). The summed E-state index contributed by atoms with van der Waals surface area (Å²) in [5.41, 5.74) is 8.38. The quantitative estimate of drug-likeness (QED) is 0.396. The van der Waals surface area contributed by atoms with Gasteiger partial charge in [-0.15, -0.1) is 12.4 Å². The largest absolute Gasteiger partial charge is 0.396 e. The highest BCUT2D eigenvalue weighted by Gasteiger charge is 2.32. The minimum absolute atomic E-state index is 0. The van der Waals surface area contributed by atoms with E-state index in [1.54, 1.807) is 16.9 Å². The number of nitrogens with two attached hydrogens (primary N) is 1. The molecule has 3 aromatic rings. The van der Waals surface area contributed by atoms with E-state index in [-0.39, 0.29) is 30.9 Å². The lowest BCUT2D eigenvalue weighted by Gasteiger charge is -2.35. The van der Waals surface area contributed by atoms with E-state index in [2.05, 4.69) is 26.0 Å². The predicted octanol–water partition coefficient (Wildman–Crippen LogP) is 1.88. The molecule has 210 valence electrons. The van der Waals surface area contributed by atoms with Crippen LogP contribution in [0.4, 0.5) is 26.2 Å². The van der Waals surface area contributed by atoms with Crippen LogP contribution in [0.25, 0.3) is 11.9 Å². The molecule has 2 aliphatic heterocycles. The van der Waals surface area contributed by atoms with Gasteiger partial charge in [-0.2, -0.15) is 15.1 Å². The third kappa shape index (κ3) is 6.47. The van der Waals surface area contributed by atoms with Crippen LogP contribution < -0.4 is 15.5 Å². The number of β-amino-alcohol motifs (C(OH)–C–C–N with tert-alkyl or cyclic N) is 1. The number of piperazine rings is 1. The lowest BCUT2D eigenvalue weighted by atomic mass is 10.1. The van der Waals surface area contributed by atoms with Gasteiger partial charge in [0.15, 0.2) is 5.82 Å². The molecule has 0 saturated carbocycles. The molecule has 2 fully saturated rings. The highest BCUT2D eigenvalue weighted by molar-refractivity contribution is 5.85. The Balaban J connectivity index is 0.00000353. The number of aromatic nitrogens is 4. The van der Waals surface area contributed by atoms with E-state index in [4.69, 9.17) is 5.73 Å². The van der Waals surface area contributed by atoms with Crippen LogP contribution in [0.3, 0.4) is 0 Å². The van der Waals surface area contributed by atoms with E-state index in [9.17, 15) is 19.0 Å². The van der Waals surface area contributed by atoms with E-state index in [0.717, 1.165) is 37.0 Å². The maximum Gasteiger partial charge on any atom is 0.224 e. The van der Waals surface area contributed by atoms with Crippen molar-refractivity contribution in [2.24, 2.45) is 5.92 Å². The normalized spacial score (nSPS) is 20.1. The van der Waals surface area contributed by atoms with E-state index in [0.29, 0.717) is 43.5 Å². The van der Waals surface area contributed by atoms with Gasteiger partial charge in [0, 0.05) is 75.1 Å². The Labute approximate surface area is 231 Å². The fraction of sp³-hybridized carbons (Fsp3) is 0.423. The Bertz CT molecular complexity index is 1290. The first-order valence-electron chi connectivity index (χ1n) is 12.6. The van der Waals surface area contributed by atoms with Gasteiger partial charge in [0.25, 0.3) is 0 Å². The number of rotatable bonds is 7. The highest BCUT2D eigenvalue weighted by Crippen LogP contribution is 2.25. The Morgan fingerprint density at radius 1 is 1.00 bits per heavy atom. The third-order valence-corrected chi connectivity index (χ3v) is 7.19. The number of hydrogen-bond acceptors (Lipinski definition) is 9. The second-order valence-electron chi connectivity index (χ2n) is 9.77. The maximum absolute atomic E-state index is 13.6. The number of benzene rings is 1. The molecule has 2 aromatic heterocycles. The first-order chi connectivity index (χ1) is 18.3. The van der Waals surface area contributed by atoms with Crippen molar-refractivity contribution in [1.29, 1.82) is 0 Å². The molecule has 13 heteroatoms. The van der Waals surface area contributed by atoms with Gasteiger partial charge < -0.3 is 25.7 Å². The lowest BCUT2D eigenvalue weighted by molar-refractivity contribution is 0.104. The molecule has 2 atom stereocenters. The molecule has 10 nitrogen and oxygen atoms in total. The molecule has 0 spiro atoms. The predicted molar refractivity (Wildman–Crippen MR) is 148 cm³/mol. The van der Waals surface area contributed by atoms with Crippen molar-refractivity contribution in [1.82, 2.24) is 24.6 Å². The number of aliphatic hydroxyl groups is 2. The molecule has 4 heterocycles. The molecule has 39 heavy (non-hydrogen) atoms. The summed E-state index contributed by atoms with van der Waals surface area (Å²) in [7, 11) is 0. The molecular weight excluding hydrogens is 530 g/mol. The molecule has 0 unspecified atom stereocenters. The third-order valence-electron chi connectivity index (χ3n) is 7.19. The molecule has 2 saturated heterocycles. The molecule has 4 N–H and O–H groups in total. The fourth-order valence-electron chi connectivity index (χ4n) is 4.99. The SMILES string of the molecule is Cc1c(C=CCN2CCN(c3cc(F)cc(F)c3)CC2)cnn1-c1cc(N2C[C@H](CO)[C@@H](O)C2)nc(N)n1.Cl.